The first-order chi connectivity index (χ1) is 17.5. The molecule has 3 rings (SSSR count). The summed E-state index contributed by atoms with van der Waals surface area (Å²) >= 11 is -0.0703. The van der Waals surface area contributed by atoms with Crippen molar-refractivity contribution in [3.63, 3.8) is 0 Å². The molecule has 0 fully saturated rings. The minimum atomic E-state index is -5.42. The molecule has 3 aromatic carbocycles. The van der Waals surface area contributed by atoms with E-state index in [1.165, 1.54) is 18.3 Å². The second-order valence-corrected chi connectivity index (χ2v) is 15.2. The highest BCUT2D eigenvalue weighted by Gasteiger charge is 2.37. The summed E-state index contributed by atoms with van der Waals surface area (Å²) in [5.41, 5.74) is -0.397. The van der Waals surface area contributed by atoms with Crippen LogP contribution in [0.4, 0.5) is 26.3 Å². The highest BCUT2D eigenvalue weighted by Crippen LogP contribution is 2.37. The fourth-order valence-electron chi connectivity index (χ4n) is 3.22. The maximum absolute atomic E-state index is 12.3. The van der Waals surface area contributed by atoms with Crippen molar-refractivity contribution in [1.29, 1.82) is 0 Å². The van der Waals surface area contributed by atoms with Crippen LogP contribution in [0.5, 0.6) is 0 Å². The Balaban J connectivity index is 0.000000277. The number of alkyl halides is 6. The molecule has 3 aromatic rings. The molecule has 0 radical (unpaired) electrons. The van der Waals surface area contributed by atoms with Crippen LogP contribution in [-0.4, -0.2) is 13.0 Å². The van der Waals surface area contributed by atoms with Gasteiger partial charge in [0.15, 0.2) is 7.14 Å². The first kappa shape index (κ1) is 33.1. The fraction of sp³-hybridized carbons (Fsp3) is 0.357. The minimum absolute atomic E-state index is 0.0703. The third-order valence-electron chi connectivity index (χ3n) is 5.49. The Morgan fingerprint density at radius 2 is 0.872 bits per heavy atom. The van der Waals surface area contributed by atoms with Gasteiger partial charge in [-0.1, -0.05) is 65.8 Å². The molecule has 0 unspecified atom stereocenters. The summed E-state index contributed by atoms with van der Waals surface area (Å²) in [7, 11) is -5.42. The number of halogens is 7. The van der Waals surface area contributed by atoms with Gasteiger partial charge >= 0.3 is 33.6 Å². The Morgan fingerprint density at radius 1 is 0.564 bits per heavy atom. The van der Waals surface area contributed by atoms with E-state index in [0.29, 0.717) is 0 Å². The van der Waals surface area contributed by atoms with Gasteiger partial charge in [0.2, 0.25) is 0 Å². The summed E-state index contributed by atoms with van der Waals surface area (Å²) in [5.74, 6) is 0. The van der Waals surface area contributed by atoms with Gasteiger partial charge in [-0.25, -0.2) is 8.42 Å². The molecule has 3 nitrogen and oxygen atoms in total. The molecular weight excluding hydrogens is 657 g/mol. The molecule has 0 aliphatic heterocycles. The minimum Gasteiger partial charge on any atom is -0.744 e. The fourth-order valence-corrected chi connectivity index (χ4v) is 5.92. The van der Waals surface area contributed by atoms with Crippen LogP contribution in [0.25, 0.3) is 0 Å². The summed E-state index contributed by atoms with van der Waals surface area (Å²) in [6, 6.07) is 17.9. The van der Waals surface area contributed by atoms with Crippen molar-refractivity contribution in [3.05, 3.63) is 96.1 Å². The molecule has 0 aromatic heterocycles. The molecule has 0 bridgehead atoms. The molecule has 0 amide bonds. The quantitative estimate of drug-likeness (QED) is 0.221. The van der Waals surface area contributed by atoms with Crippen LogP contribution in [0.1, 0.15) is 63.8 Å². The van der Waals surface area contributed by atoms with E-state index < -0.39 is 38.5 Å². The molecule has 0 saturated heterocycles. The van der Waals surface area contributed by atoms with Gasteiger partial charge in [0.25, 0.3) is 0 Å². The maximum Gasteiger partial charge on any atom is 0.416 e. The van der Waals surface area contributed by atoms with E-state index >= 15 is 0 Å². The van der Waals surface area contributed by atoms with E-state index in [0.717, 1.165) is 0 Å². The van der Waals surface area contributed by atoms with Crippen molar-refractivity contribution in [3.8, 4) is 0 Å². The second kappa shape index (κ2) is 11.8. The Kier molecular flexibility index (Phi) is 9.99. The third-order valence-corrected chi connectivity index (χ3v) is 8.99. The molecule has 0 saturated carbocycles. The normalized spacial score (nSPS) is 13.1. The van der Waals surface area contributed by atoms with Crippen LogP contribution in [0.15, 0.2) is 71.6 Å². The van der Waals surface area contributed by atoms with Crippen LogP contribution >= 0.6 is 0 Å². The van der Waals surface area contributed by atoms with Gasteiger partial charge in [0.05, 0.1) is 16.0 Å². The largest absolute Gasteiger partial charge is 0.744 e. The van der Waals surface area contributed by atoms with Gasteiger partial charge in [-0.3, -0.25) is 0 Å². The lowest BCUT2D eigenvalue weighted by molar-refractivity contribution is -0.597. The van der Waals surface area contributed by atoms with Crippen LogP contribution in [-0.2, 0) is 33.3 Å². The number of rotatable bonds is 3. The van der Waals surface area contributed by atoms with Gasteiger partial charge in [0.1, 0.15) is 10.1 Å². The summed E-state index contributed by atoms with van der Waals surface area (Å²) in [4.78, 5) is -1.58. The zero-order valence-electron chi connectivity index (χ0n) is 22.1. The first-order valence-electron chi connectivity index (χ1n) is 11.6. The molecule has 0 aliphatic rings. The van der Waals surface area contributed by atoms with E-state index in [9.17, 15) is 39.3 Å². The summed E-state index contributed by atoms with van der Waals surface area (Å²) < 4.78 is 108. The lowest BCUT2D eigenvalue weighted by Crippen LogP contribution is -3.61. The molecular formula is C28H29F6IO3S. The van der Waals surface area contributed by atoms with E-state index in [4.69, 9.17) is 0 Å². The van der Waals surface area contributed by atoms with Gasteiger partial charge in [-0.15, -0.1) is 0 Å². The van der Waals surface area contributed by atoms with Crippen molar-refractivity contribution in [1.82, 2.24) is 0 Å². The Labute approximate surface area is 235 Å². The molecule has 0 N–H and O–H groups in total. The van der Waals surface area contributed by atoms with E-state index in [1.54, 1.807) is 0 Å². The van der Waals surface area contributed by atoms with Crippen molar-refractivity contribution >= 4 is 10.1 Å². The SMILES string of the molecule is CC(C)(C)c1ccc([I+]c2ccc(C(C)(C)C)cc2)cc1.O=S(=O)([O-])c1cc(C(F)(F)F)cc(C(F)(F)F)c1. The molecule has 11 heteroatoms. The van der Waals surface area contributed by atoms with Crippen LogP contribution in [0.3, 0.4) is 0 Å². The van der Waals surface area contributed by atoms with Gasteiger partial charge < -0.3 is 4.55 Å². The average Bonchev–Trinajstić information content (AvgIpc) is 2.77. The Morgan fingerprint density at radius 3 is 1.10 bits per heavy atom. The molecule has 0 atom stereocenters. The lowest BCUT2D eigenvalue weighted by Gasteiger charge is -2.18. The molecule has 0 spiro atoms. The zero-order valence-corrected chi connectivity index (χ0v) is 25.1. The lowest BCUT2D eigenvalue weighted by atomic mass is 9.87. The molecule has 0 heterocycles. The van der Waals surface area contributed by atoms with Crippen molar-refractivity contribution in [2.45, 2.75) is 69.6 Å². The van der Waals surface area contributed by atoms with Gasteiger partial charge in [0, 0.05) is 0 Å². The molecule has 214 valence electrons. The zero-order chi connectivity index (χ0) is 30.0. The van der Waals surface area contributed by atoms with Gasteiger partial charge in [-0.2, -0.15) is 26.3 Å². The van der Waals surface area contributed by atoms with Crippen molar-refractivity contribution in [2.75, 3.05) is 0 Å². The smallest absolute Gasteiger partial charge is 0.416 e. The standard InChI is InChI=1S/C20H26I.C8H4F6O3S/c1-19(2,3)15-7-11-17(12-8-15)21-18-13-9-16(10-14-18)20(4,5)6;9-7(10,11)4-1-5(8(12,13)14)3-6(2-4)18(15,16)17/h7-14H,1-6H3;1-3H,(H,15,16,17)/q+1;/p-1. The molecule has 39 heavy (non-hydrogen) atoms. The van der Waals surface area contributed by atoms with Crippen molar-refractivity contribution < 1.29 is 60.5 Å². The van der Waals surface area contributed by atoms with Crippen LogP contribution in [0.2, 0.25) is 0 Å². The average molecular weight is 686 g/mol. The number of benzene rings is 3. The van der Waals surface area contributed by atoms with E-state index in [-0.39, 0.29) is 50.2 Å². The third kappa shape index (κ3) is 10.1. The monoisotopic (exact) mass is 686 g/mol. The van der Waals surface area contributed by atoms with E-state index in [2.05, 4.69) is 90.1 Å². The summed E-state index contributed by atoms with van der Waals surface area (Å²) in [5, 5.41) is 0. The van der Waals surface area contributed by atoms with Gasteiger partial charge in [-0.05, 0) is 64.4 Å². The van der Waals surface area contributed by atoms with E-state index in [1.807, 2.05) is 0 Å². The summed E-state index contributed by atoms with van der Waals surface area (Å²) in [6.07, 6.45) is -10.4. The number of hydrogen-bond acceptors (Lipinski definition) is 3. The van der Waals surface area contributed by atoms with Crippen molar-refractivity contribution in [2.24, 2.45) is 0 Å². The Bertz CT molecular complexity index is 1280. The highest BCUT2D eigenvalue weighted by molar-refractivity contribution is 7.85. The summed E-state index contributed by atoms with van der Waals surface area (Å²) in [6.45, 7) is 13.6. The predicted octanol–water partition coefficient (Wildman–Crippen LogP) is 5.04. The van der Waals surface area contributed by atoms with Crippen LogP contribution in [0, 0.1) is 7.14 Å². The Hall–Kier alpha value is -2.12. The second-order valence-electron chi connectivity index (χ2n) is 10.8. The van der Waals surface area contributed by atoms with Crippen LogP contribution < -0.4 is 21.2 Å². The first-order valence-corrected chi connectivity index (χ1v) is 15.2. The molecule has 0 aliphatic carbocycles. The highest BCUT2D eigenvalue weighted by atomic mass is 127. The topological polar surface area (TPSA) is 57.2 Å². The maximum atomic E-state index is 12.3. The predicted molar refractivity (Wildman–Crippen MR) is 132 cm³/mol. The number of hydrogen-bond donors (Lipinski definition) is 0.